The zero-order valence-electron chi connectivity index (χ0n) is 21.5. The summed E-state index contributed by atoms with van der Waals surface area (Å²) in [4.78, 5) is 28.2. The molecular formula is C28H31F3N2O4S. The molecule has 2 amide bonds. The molecule has 3 atom stereocenters. The molecule has 0 aromatic heterocycles. The molecule has 6 nitrogen and oxygen atoms in total. The van der Waals surface area contributed by atoms with Crippen molar-refractivity contribution in [2.24, 2.45) is 5.92 Å². The normalized spacial score (nSPS) is 22.7. The van der Waals surface area contributed by atoms with Crippen LogP contribution in [-0.4, -0.2) is 55.8 Å². The highest BCUT2D eigenvalue weighted by Crippen LogP contribution is 2.43. The number of hydrogen-bond donors (Lipinski definition) is 1. The molecule has 4 rings (SSSR count). The van der Waals surface area contributed by atoms with Crippen LogP contribution in [0.5, 0.6) is 11.5 Å². The molecule has 0 bridgehead atoms. The van der Waals surface area contributed by atoms with Crippen molar-refractivity contribution >= 4 is 29.7 Å². The maximum atomic E-state index is 13.1. The Kier molecular flexibility index (Phi) is 8.60. The Morgan fingerprint density at radius 2 is 1.82 bits per heavy atom. The highest BCUT2D eigenvalue weighted by atomic mass is 32.2. The number of nitrogens with one attached hydrogen (secondary N) is 1. The van der Waals surface area contributed by atoms with Crippen LogP contribution in [-0.2, 0) is 22.2 Å². The Balaban J connectivity index is 1.33. The first-order valence-corrected chi connectivity index (χ1v) is 13.3. The second-order valence-corrected chi connectivity index (χ2v) is 10.8. The Morgan fingerprint density at radius 3 is 2.47 bits per heavy atom. The van der Waals surface area contributed by atoms with Gasteiger partial charge in [0.15, 0.2) is 11.5 Å². The van der Waals surface area contributed by atoms with Gasteiger partial charge in [-0.1, -0.05) is 18.2 Å². The van der Waals surface area contributed by atoms with E-state index in [9.17, 15) is 22.8 Å². The number of thioether (sulfide) groups is 1. The molecule has 204 valence electrons. The maximum absolute atomic E-state index is 13.1. The summed E-state index contributed by atoms with van der Waals surface area (Å²) in [6.45, 7) is 0.489. The van der Waals surface area contributed by atoms with Gasteiger partial charge in [-0.25, -0.2) is 0 Å². The lowest BCUT2D eigenvalue weighted by Gasteiger charge is -2.44. The van der Waals surface area contributed by atoms with Crippen LogP contribution in [0.3, 0.4) is 0 Å². The first-order valence-electron chi connectivity index (χ1n) is 12.4. The van der Waals surface area contributed by atoms with E-state index in [2.05, 4.69) is 5.32 Å². The minimum Gasteiger partial charge on any atom is -0.493 e. The van der Waals surface area contributed by atoms with Crippen molar-refractivity contribution in [3.63, 3.8) is 0 Å². The van der Waals surface area contributed by atoms with E-state index in [0.29, 0.717) is 47.8 Å². The molecule has 1 saturated heterocycles. The summed E-state index contributed by atoms with van der Waals surface area (Å²) >= 11 is 1.46. The highest BCUT2D eigenvalue weighted by molar-refractivity contribution is 8.04. The van der Waals surface area contributed by atoms with E-state index in [0.717, 1.165) is 24.1 Å². The Labute approximate surface area is 224 Å². The molecule has 1 aliphatic heterocycles. The van der Waals surface area contributed by atoms with Crippen LogP contribution in [0.1, 0.15) is 36.0 Å². The third-order valence-corrected chi connectivity index (χ3v) is 8.53. The van der Waals surface area contributed by atoms with Crippen LogP contribution in [0.25, 0.3) is 6.08 Å². The first-order chi connectivity index (χ1) is 18.1. The highest BCUT2D eigenvalue weighted by Gasteiger charge is 2.42. The lowest BCUT2D eigenvalue weighted by atomic mass is 9.83. The molecule has 1 N–H and O–H groups in total. The quantitative estimate of drug-likeness (QED) is 0.484. The predicted molar refractivity (Wildman–Crippen MR) is 141 cm³/mol. The third-order valence-electron chi connectivity index (χ3n) is 7.13. The molecule has 2 aromatic rings. The number of amides is 2. The summed E-state index contributed by atoms with van der Waals surface area (Å²) in [5, 5.41) is 3.17. The first kappa shape index (κ1) is 27.9. The standard InChI is InChI=1S/C28H31F3N2O4S/c1-33-21-16-19(26(34)32-13-12-18-6-10-22(36-2)23(14-18)37-3)7-11-24(21)38-25(27(33)35)15-17-4-8-20(9-5-17)28(29,30)31/h4-6,8-10,14-15,19,21,24H,7,11-13,16H2,1-3H3,(H,32,34)/b25-15-. The van der Waals surface area contributed by atoms with Gasteiger partial charge >= 0.3 is 6.18 Å². The van der Waals surface area contributed by atoms with E-state index in [-0.39, 0.29) is 29.0 Å². The minimum atomic E-state index is -4.40. The lowest BCUT2D eigenvalue weighted by Crippen LogP contribution is -2.52. The van der Waals surface area contributed by atoms with Crippen LogP contribution < -0.4 is 14.8 Å². The summed E-state index contributed by atoms with van der Waals surface area (Å²) < 4.78 is 49.1. The smallest absolute Gasteiger partial charge is 0.416 e. The number of methoxy groups -OCH3 is 2. The molecule has 0 radical (unpaired) electrons. The molecule has 3 unspecified atom stereocenters. The topological polar surface area (TPSA) is 67.9 Å². The fourth-order valence-electron chi connectivity index (χ4n) is 4.97. The van der Waals surface area contributed by atoms with Gasteiger partial charge in [-0.2, -0.15) is 13.2 Å². The van der Waals surface area contributed by atoms with Gasteiger partial charge < -0.3 is 19.7 Å². The van der Waals surface area contributed by atoms with Crippen LogP contribution in [0.2, 0.25) is 0 Å². The second-order valence-electron chi connectivity index (χ2n) is 9.51. The fraction of sp³-hybridized carbons (Fsp3) is 0.429. The van der Waals surface area contributed by atoms with Gasteiger partial charge in [0.2, 0.25) is 5.91 Å². The summed E-state index contributed by atoms with van der Waals surface area (Å²) in [6, 6.07) is 10.4. The molecule has 10 heteroatoms. The molecule has 1 saturated carbocycles. The van der Waals surface area contributed by atoms with E-state index < -0.39 is 11.7 Å². The molecule has 1 aliphatic carbocycles. The number of benzene rings is 2. The monoisotopic (exact) mass is 548 g/mol. The largest absolute Gasteiger partial charge is 0.493 e. The molecule has 38 heavy (non-hydrogen) atoms. The summed E-state index contributed by atoms with van der Waals surface area (Å²) in [5.41, 5.74) is 0.844. The number of hydrogen-bond acceptors (Lipinski definition) is 5. The van der Waals surface area contributed by atoms with Gasteiger partial charge in [0, 0.05) is 30.8 Å². The number of nitrogens with zero attached hydrogens (tertiary/aromatic N) is 1. The van der Waals surface area contributed by atoms with E-state index in [1.54, 1.807) is 32.2 Å². The van der Waals surface area contributed by atoms with E-state index >= 15 is 0 Å². The molecular weight excluding hydrogens is 517 g/mol. The van der Waals surface area contributed by atoms with Crippen molar-refractivity contribution < 1.29 is 32.2 Å². The van der Waals surface area contributed by atoms with E-state index in [1.807, 2.05) is 18.2 Å². The Morgan fingerprint density at radius 1 is 1.11 bits per heavy atom. The zero-order valence-corrected chi connectivity index (χ0v) is 22.3. The van der Waals surface area contributed by atoms with Crippen LogP contribution in [0.15, 0.2) is 47.4 Å². The molecule has 2 fully saturated rings. The summed E-state index contributed by atoms with van der Waals surface area (Å²) in [6.07, 6.45) is -0.0423. The van der Waals surface area contributed by atoms with Gasteiger partial charge in [-0.3, -0.25) is 9.59 Å². The van der Waals surface area contributed by atoms with Crippen molar-refractivity contribution in [3.05, 3.63) is 64.1 Å². The molecule has 2 aromatic carbocycles. The maximum Gasteiger partial charge on any atom is 0.416 e. The van der Waals surface area contributed by atoms with E-state index in [4.69, 9.17) is 9.47 Å². The predicted octanol–water partition coefficient (Wildman–Crippen LogP) is 5.16. The number of carbonyl (C=O) groups excluding carboxylic acids is 2. The number of fused-ring (bicyclic) bond motifs is 1. The van der Waals surface area contributed by atoms with Gasteiger partial charge in [-0.15, -0.1) is 11.8 Å². The Bertz CT molecular complexity index is 1200. The van der Waals surface area contributed by atoms with Gasteiger partial charge in [-0.05, 0) is 67.2 Å². The Hall–Kier alpha value is -3.14. The molecule has 1 heterocycles. The second kappa shape index (κ2) is 11.7. The summed E-state index contributed by atoms with van der Waals surface area (Å²) in [5.74, 6) is 0.923. The van der Waals surface area contributed by atoms with Crippen molar-refractivity contribution in [1.29, 1.82) is 0 Å². The number of rotatable bonds is 7. The van der Waals surface area contributed by atoms with Crippen molar-refractivity contribution in [2.75, 3.05) is 27.8 Å². The molecule has 2 aliphatic rings. The summed E-state index contributed by atoms with van der Waals surface area (Å²) in [7, 11) is 4.90. The van der Waals surface area contributed by atoms with Crippen LogP contribution in [0, 0.1) is 5.92 Å². The van der Waals surface area contributed by atoms with Gasteiger partial charge in [0.1, 0.15) is 0 Å². The third kappa shape index (κ3) is 6.28. The number of carbonyl (C=O) groups is 2. The molecule has 0 spiro atoms. The van der Waals surface area contributed by atoms with Crippen LogP contribution in [0.4, 0.5) is 13.2 Å². The zero-order chi connectivity index (χ0) is 27.4. The number of likely N-dealkylation sites (N-methyl/N-ethyl adjacent to an activating group) is 1. The van der Waals surface area contributed by atoms with Gasteiger partial charge in [0.05, 0.1) is 24.7 Å². The number of alkyl halides is 3. The average Bonchev–Trinajstić information content (AvgIpc) is 2.91. The van der Waals surface area contributed by atoms with Crippen molar-refractivity contribution in [2.45, 2.75) is 43.2 Å². The van der Waals surface area contributed by atoms with Gasteiger partial charge in [0.25, 0.3) is 5.91 Å². The lowest BCUT2D eigenvalue weighted by molar-refractivity contribution is -0.137. The number of ether oxygens (including phenoxy) is 2. The van der Waals surface area contributed by atoms with E-state index in [1.165, 1.54) is 23.9 Å². The van der Waals surface area contributed by atoms with Crippen molar-refractivity contribution in [1.82, 2.24) is 10.2 Å². The average molecular weight is 549 g/mol. The van der Waals surface area contributed by atoms with Crippen molar-refractivity contribution in [3.8, 4) is 11.5 Å². The fourth-order valence-corrected chi connectivity index (χ4v) is 6.45. The SMILES string of the molecule is COc1ccc(CCNC(=O)C2CCC3S/C(=C\c4ccc(C(F)(F)F)cc4)C(=O)N(C)C3C2)cc1OC. The van der Waals surface area contributed by atoms with Crippen LogP contribution >= 0.6 is 11.8 Å². The number of halogens is 3. The minimum absolute atomic E-state index is 0.0131.